The molecule has 0 saturated carbocycles. The van der Waals surface area contributed by atoms with Crippen molar-refractivity contribution in [3.05, 3.63) is 131 Å². The zero-order chi connectivity index (χ0) is 27.2. The van der Waals surface area contributed by atoms with E-state index >= 15 is 0 Å². The summed E-state index contributed by atoms with van der Waals surface area (Å²) in [6, 6.07) is 35.7. The van der Waals surface area contributed by atoms with Gasteiger partial charge in [0, 0.05) is 11.3 Å². The summed E-state index contributed by atoms with van der Waals surface area (Å²) in [6.45, 7) is 6.37. The van der Waals surface area contributed by atoms with Crippen molar-refractivity contribution in [1.82, 2.24) is 9.78 Å². The van der Waals surface area contributed by atoms with E-state index in [2.05, 4.69) is 110 Å². The molecular weight excluding hydrogens is 492 g/mol. The highest BCUT2D eigenvalue weighted by Gasteiger charge is 2.41. The van der Waals surface area contributed by atoms with E-state index in [-0.39, 0.29) is 6.04 Å². The molecule has 1 N–H and O–H groups in total. The Labute approximate surface area is 234 Å². The fourth-order valence-corrected chi connectivity index (χ4v) is 5.66. The molecule has 1 atom stereocenters. The van der Waals surface area contributed by atoms with Crippen LogP contribution in [0.15, 0.2) is 113 Å². The summed E-state index contributed by atoms with van der Waals surface area (Å²) in [4.78, 5) is 12.7. The van der Waals surface area contributed by atoms with Gasteiger partial charge in [-0.25, -0.2) is 14.7 Å². The zero-order valence-corrected chi connectivity index (χ0v) is 22.8. The van der Waals surface area contributed by atoms with Gasteiger partial charge in [-0.15, -0.1) is 0 Å². The number of hydrogen-bond acceptors (Lipinski definition) is 5. The van der Waals surface area contributed by atoms with E-state index in [4.69, 9.17) is 15.1 Å². The molecule has 0 aliphatic carbocycles. The van der Waals surface area contributed by atoms with Crippen molar-refractivity contribution in [1.29, 1.82) is 0 Å². The van der Waals surface area contributed by atoms with Crippen LogP contribution in [-0.2, 0) is 6.42 Å². The van der Waals surface area contributed by atoms with Gasteiger partial charge in [0.25, 0.3) is 0 Å². The van der Waals surface area contributed by atoms with Gasteiger partial charge in [0.05, 0.1) is 28.8 Å². The van der Waals surface area contributed by atoms with Crippen molar-refractivity contribution >= 4 is 34.6 Å². The van der Waals surface area contributed by atoms with Gasteiger partial charge in [-0.05, 0) is 73.4 Å². The number of aromatic nitrogens is 2. The van der Waals surface area contributed by atoms with Crippen LogP contribution < -0.4 is 10.2 Å². The van der Waals surface area contributed by atoms with Gasteiger partial charge in [-0.1, -0.05) is 73.7 Å². The van der Waals surface area contributed by atoms with Crippen LogP contribution in [0.3, 0.4) is 0 Å². The number of aryl methyl sites for hydroxylation is 3. The lowest BCUT2D eigenvalue weighted by Crippen LogP contribution is -2.46. The molecule has 0 saturated heterocycles. The monoisotopic (exact) mass is 522 g/mol. The molecule has 4 aromatic carbocycles. The molecule has 40 heavy (non-hydrogen) atoms. The number of hydrogen-bond donors (Lipinski definition) is 1. The van der Waals surface area contributed by atoms with E-state index in [1.807, 2.05) is 28.9 Å². The summed E-state index contributed by atoms with van der Waals surface area (Å²) >= 11 is 0. The summed E-state index contributed by atoms with van der Waals surface area (Å²) < 4.78 is 1.97. The summed E-state index contributed by atoms with van der Waals surface area (Å²) in [6.07, 6.45) is 0.998. The van der Waals surface area contributed by atoms with Crippen molar-refractivity contribution in [3.8, 4) is 5.69 Å². The van der Waals surface area contributed by atoms with E-state index in [9.17, 15) is 0 Å². The average Bonchev–Trinajstić information content (AvgIpc) is 3.32. The van der Waals surface area contributed by atoms with Crippen molar-refractivity contribution in [2.75, 3.05) is 10.2 Å². The standard InChI is InChI=1S/C34H30N6/c1-4-24-17-19-25(20-18-24)31-30-23(3)38-40(27-13-6-5-7-14-27)33(30)37-34-32(35-26-12-10-11-22(2)21-26)36-28-15-8-9-16-29(28)39(31)34/h5-21,31H,4H2,1-3H3,(H,35,36)/t31-/m0/s1. The second-order valence-electron chi connectivity index (χ2n) is 10.3. The van der Waals surface area contributed by atoms with Gasteiger partial charge in [-0.2, -0.15) is 5.10 Å². The Hall–Kier alpha value is -4.97. The fourth-order valence-electron chi connectivity index (χ4n) is 5.66. The highest BCUT2D eigenvalue weighted by Crippen LogP contribution is 2.48. The average molecular weight is 523 g/mol. The quantitative estimate of drug-likeness (QED) is 0.261. The lowest BCUT2D eigenvalue weighted by Gasteiger charge is -2.40. The van der Waals surface area contributed by atoms with Crippen LogP contribution in [0.5, 0.6) is 0 Å². The molecular formula is C34H30N6. The normalized spacial score (nSPS) is 15.5. The number of fused-ring (bicyclic) bond motifs is 4. The number of nitrogens with one attached hydrogen (secondary N) is 1. The van der Waals surface area contributed by atoms with Crippen molar-refractivity contribution in [2.45, 2.75) is 33.2 Å². The number of para-hydroxylation sites is 3. The highest BCUT2D eigenvalue weighted by molar-refractivity contribution is 6.51. The first kappa shape index (κ1) is 24.1. The minimum atomic E-state index is -0.128. The van der Waals surface area contributed by atoms with Crippen LogP contribution in [0.25, 0.3) is 5.69 Å². The van der Waals surface area contributed by atoms with E-state index in [1.165, 1.54) is 16.7 Å². The third kappa shape index (κ3) is 4.00. The number of amidine groups is 2. The summed E-state index contributed by atoms with van der Waals surface area (Å²) in [7, 11) is 0. The smallest absolute Gasteiger partial charge is 0.179 e. The second-order valence-corrected chi connectivity index (χ2v) is 10.3. The number of rotatable bonds is 4. The molecule has 0 unspecified atom stereocenters. The van der Waals surface area contributed by atoms with Crippen LogP contribution in [-0.4, -0.2) is 21.5 Å². The van der Waals surface area contributed by atoms with E-state index < -0.39 is 0 Å². The summed E-state index contributed by atoms with van der Waals surface area (Å²) in [5.41, 5.74) is 9.62. The maximum Gasteiger partial charge on any atom is 0.179 e. The summed E-state index contributed by atoms with van der Waals surface area (Å²) in [5.74, 6) is 2.32. The first-order valence-corrected chi connectivity index (χ1v) is 13.7. The fraction of sp³-hybridized carbons (Fsp3) is 0.147. The third-order valence-corrected chi connectivity index (χ3v) is 7.62. The van der Waals surface area contributed by atoms with E-state index in [0.717, 1.165) is 52.1 Å². The van der Waals surface area contributed by atoms with E-state index in [1.54, 1.807) is 0 Å². The molecule has 6 nitrogen and oxygen atoms in total. The maximum absolute atomic E-state index is 5.32. The first-order chi connectivity index (χ1) is 19.6. The molecule has 0 spiro atoms. The van der Waals surface area contributed by atoms with Gasteiger partial charge in [0.1, 0.15) is 0 Å². The highest BCUT2D eigenvalue weighted by atomic mass is 15.4. The molecule has 5 aromatic rings. The number of nitrogens with zero attached hydrogens (tertiary/aromatic N) is 5. The zero-order valence-electron chi connectivity index (χ0n) is 22.8. The molecule has 1 aromatic heterocycles. The molecule has 7 rings (SSSR count). The molecule has 0 radical (unpaired) electrons. The van der Waals surface area contributed by atoms with Crippen LogP contribution in [0.4, 0.5) is 22.9 Å². The molecule has 196 valence electrons. The predicted octanol–water partition coefficient (Wildman–Crippen LogP) is 7.85. The molecule has 0 amide bonds. The largest absolute Gasteiger partial charge is 0.337 e. The van der Waals surface area contributed by atoms with Gasteiger partial charge in [-0.3, -0.25) is 0 Å². The predicted molar refractivity (Wildman–Crippen MR) is 164 cm³/mol. The minimum absolute atomic E-state index is 0.128. The van der Waals surface area contributed by atoms with Gasteiger partial charge < -0.3 is 10.2 Å². The SMILES string of the molecule is CCc1ccc([C@H]2c3c(C)nn(-c4ccccc4)c3N=C3C(Nc4cccc(C)c4)=Nc4ccccc4N32)cc1. The van der Waals surface area contributed by atoms with E-state index in [0.29, 0.717) is 5.84 Å². The Morgan fingerprint density at radius 3 is 2.35 bits per heavy atom. The van der Waals surface area contributed by atoms with Gasteiger partial charge in [0.2, 0.25) is 0 Å². The number of benzene rings is 4. The summed E-state index contributed by atoms with van der Waals surface area (Å²) in [5, 5.41) is 8.63. The number of anilines is 2. The Morgan fingerprint density at radius 2 is 1.57 bits per heavy atom. The molecule has 3 heterocycles. The van der Waals surface area contributed by atoms with Crippen LogP contribution in [0.1, 0.15) is 40.9 Å². The van der Waals surface area contributed by atoms with Gasteiger partial charge in [0.15, 0.2) is 17.5 Å². The minimum Gasteiger partial charge on any atom is -0.337 e. The Bertz CT molecular complexity index is 1780. The Morgan fingerprint density at radius 1 is 0.800 bits per heavy atom. The molecule has 2 aliphatic rings. The van der Waals surface area contributed by atoms with Crippen LogP contribution in [0, 0.1) is 13.8 Å². The van der Waals surface area contributed by atoms with Crippen LogP contribution >= 0.6 is 0 Å². The number of aliphatic imine (C=N–C) groups is 2. The lowest BCUT2D eigenvalue weighted by molar-refractivity contribution is 0.814. The van der Waals surface area contributed by atoms with Crippen molar-refractivity contribution in [2.24, 2.45) is 9.98 Å². The maximum atomic E-state index is 5.32. The Balaban J connectivity index is 1.49. The van der Waals surface area contributed by atoms with Crippen molar-refractivity contribution < 1.29 is 0 Å². The second kappa shape index (κ2) is 9.65. The topological polar surface area (TPSA) is 57.8 Å². The van der Waals surface area contributed by atoms with Crippen LogP contribution in [0.2, 0.25) is 0 Å². The molecule has 0 fully saturated rings. The third-order valence-electron chi connectivity index (χ3n) is 7.62. The lowest BCUT2D eigenvalue weighted by atomic mass is 9.92. The molecule has 6 heteroatoms. The van der Waals surface area contributed by atoms with Crippen molar-refractivity contribution in [3.63, 3.8) is 0 Å². The molecule has 2 aliphatic heterocycles. The molecule has 0 bridgehead atoms. The first-order valence-electron chi connectivity index (χ1n) is 13.7. The van der Waals surface area contributed by atoms with Gasteiger partial charge >= 0.3 is 0 Å². The Kier molecular flexibility index (Phi) is 5.81.